The summed E-state index contributed by atoms with van der Waals surface area (Å²) < 4.78 is 26.3. The van der Waals surface area contributed by atoms with Crippen LogP contribution in [0, 0.1) is 5.82 Å². The summed E-state index contributed by atoms with van der Waals surface area (Å²) in [7, 11) is 1.27. The van der Waals surface area contributed by atoms with Crippen LogP contribution in [0.15, 0.2) is 36.8 Å². The van der Waals surface area contributed by atoms with Gasteiger partial charge in [-0.3, -0.25) is 4.40 Å². The van der Waals surface area contributed by atoms with Crippen molar-refractivity contribution in [3.8, 4) is 16.9 Å². The van der Waals surface area contributed by atoms with E-state index in [0.29, 0.717) is 47.1 Å². The second kappa shape index (κ2) is 7.76. The summed E-state index contributed by atoms with van der Waals surface area (Å²) in [4.78, 5) is 20.2. The number of aromatic nitrogens is 5. The van der Waals surface area contributed by atoms with Gasteiger partial charge in [-0.15, -0.1) is 10.2 Å². The summed E-state index contributed by atoms with van der Waals surface area (Å²) >= 11 is 0. The van der Waals surface area contributed by atoms with Crippen molar-refractivity contribution < 1.29 is 18.7 Å². The second-order valence-electron chi connectivity index (χ2n) is 7.10. The first-order valence-electron chi connectivity index (χ1n) is 9.77. The molecule has 0 spiro atoms. The molecule has 5 rings (SSSR count). The number of esters is 1. The van der Waals surface area contributed by atoms with Crippen molar-refractivity contribution in [2.45, 2.75) is 13.0 Å². The molecule has 32 heavy (non-hydrogen) atoms. The minimum atomic E-state index is -0.585. The summed E-state index contributed by atoms with van der Waals surface area (Å²) in [5.74, 6) is 0.380. The van der Waals surface area contributed by atoms with Gasteiger partial charge in [-0.1, -0.05) is 0 Å². The predicted molar refractivity (Wildman–Crippen MR) is 113 cm³/mol. The van der Waals surface area contributed by atoms with E-state index in [1.54, 1.807) is 22.7 Å². The van der Waals surface area contributed by atoms with Crippen LogP contribution in [0.2, 0.25) is 0 Å². The molecule has 4 aromatic rings. The number of pyridine rings is 1. The van der Waals surface area contributed by atoms with E-state index in [4.69, 9.17) is 10.5 Å². The number of anilines is 2. The average Bonchev–Trinajstić information content (AvgIpc) is 3.48. The molecule has 0 atom stereocenters. The van der Waals surface area contributed by atoms with Gasteiger partial charge < -0.3 is 20.5 Å². The highest BCUT2D eigenvalue weighted by Gasteiger charge is 2.20. The quantitative estimate of drug-likeness (QED) is 0.453. The van der Waals surface area contributed by atoms with E-state index in [-0.39, 0.29) is 23.9 Å². The number of methoxy groups -OCH3 is 1. The molecule has 11 heteroatoms. The molecule has 162 valence electrons. The molecule has 10 nitrogen and oxygen atoms in total. The molecule has 0 unspecified atom stereocenters. The fraction of sp³-hybridized carbons (Fsp3) is 0.190. The van der Waals surface area contributed by atoms with Gasteiger partial charge in [-0.25, -0.2) is 19.2 Å². The average molecular weight is 435 g/mol. The number of carbonyl (C=O) groups is 1. The fourth-order valence-electron chi connectivity index (χ4n) is 3.73. The third-order valence-electron chi connectivity index (χ3n) is 5.31. The first-order valence-corrected chi connectivity index (χ1v) is 9.77. The Bertz CT molecular complexity index is 1350. The maximum absolute atomic E-state index is 14.4. The Morgan fingerprint density at radius 3 is 3.00 bits per heavy atom. The SMILES string of the molecule is COC(=O)c1ccc(-c2cnc(NCc3c(F)ccc4c3CCO4)n3cnnc23)c(N)n1. The largest absolute Gasteiger partial charge is 0.493 e. The van der Waals surface area contributed by atoms with E-state index >= 15 is 0 Å². The van der Waals surface area contributed by atoms with Crippen molar-refractivity contribution >= 4 is 23.4 Å². The molecule has 0 fully saturated rings. The minimum absolute atomic E-state index is 0.0962. The third-order valence-corrected chi connectivity index (χ3v) is 5.31. The molecule has 1 aliphatic heterocycles. The van der Waals surface area contributed by atoms with Crippen molar-refractivity contribution in [1.82, 2.24) is 24.6 Å². The molecule has 4 heterocycles. The first kappa shape index (κ1) is 19.7. The molecule has 0 radical (unpaired) electrons. The van der Waals surface area contributed by atoms with Crippen LogP contribution in [-0.4, -0.2) is 44.3 Å². The Morgan fingerprint density at radius 1 is 1.31 bits per heavy atom. The smallest absolute Gasteiger partial charge is 0.356 e. The number of nitrogen functional groups attached to an aromatic ring is 1. The van der Waals surface area contributed by atoms with Gasteiger partial charge in [0.15, 0.2) is 11.3 Å². The highest BCUT2D eigenvalue weighted by atomic mass is 19.1. The highest BCUT2D eigenvalue weighted by Crippen LogP contribution is 2.31. The Hall–Kier alpha value is -4.28. The van der Waals surface area contributed by atoms with Gasteiger partial charge in [0.2, 0.25) is 5.95 Å². The summed E-state index contributed by atoms with van der Waals surface area (Å²) in [6.45, 7) is 0.758. The molecule has 0 aliphatic carbocycles. The summed E-state index contributed by atoms with van der Waals surface area (Å²) in [5, 5.41) is 11.3. The van der Waals surface area contributed by atoms with Crippen molar-refractivity contribution in [3.63, 3.8) is 0 Å². The van der Waals surface area contributed by atoms with E-state index in [1.807, 2.05) is 0 Å². The van der Waals surface area contributed by atoms with Crippen LogP contribution in [0.25, 0.3) is 16.8 Å². The second-order valence-corrected chi connectivity index (χ2v) is 7.10. The lowest BCUT2D eigenvalue weighted by Crippen LogP contribution is -2.10. The van der Waals surface area contributed by atoms with Gasteiger partial charge in [0.05, 0.1) is 13.7 Å². The van der Waals surface area contributed by atoms with Crippen molar-refractivity contribution in [2.24, 2.45) is 0 Å². The van der Waals surface area contributed by atoms with Gasteiger partial charge in [0.1, 0.15) is 23.7 Å². The Morgan fingerprint density at radius 2 is 2.19 bits per heavy atom. The third kappa shape index (κ3) is 3.23. The zero-order valence-corrected chi connectivity index (χ0v) is 17.0. The van der Waals surface area contributed by atoms with Crippen LogP contribution in [0.3, 0.4) is 0 Å². The fourth-order valence-corrected chi connectivity index (χ4v) is 3.73. The van der Waals surface area contributed by atoms with Crippen molar-refractivity contribution in [1.29, 1.82) is 0 Å². The lowest BCUT2D eigenvalue weighted by molar-refractivity contribution is 0.0594. The lowest BCUT2D eigenvalue weighted by Gasteiger charge is -2.13. The molecule has 1 aromatic carbocycles. The van der Waals surface area contributed by atoms with Crippen LogP contribution < -0.4 is 15.8 Å². The molecular formula is C21H18FN7O3. The van der Waals surface area contributed by atoms with Crippen molar-refractivity contribution in [2.75, 3.05) is 24.8 Å². The number of nitrogens with zero attached hydrogens (tertiary/aromatic N) is 5. The van der Waals surface area contributed by atoms with Gasteiger partial charge in [-0.2, -0.15) is 0 Å². The number of hydrogen-bond acceptors (Lipinski definition) is 9. The summed E-state index contributed by atoms with van der Waals surface area (Å²) in [6, 6.07) is 6.21. The minimum Gasteiger partial charge on any atom is -0.493 e. The molecule has 0 amide bonds. The number of rotatable bonds is 5. The number of fused-ring (bicyclic) bond motifs is 2. The number of nitrogens with one attached hydrogen (secondary N) is 1. The van der Waals surface area contributed by atoms with E-state index in [2.05, 4.69) is 30.2 Å². The molecule has 1 aliphatic rings. The summed E-state index contributed by atoms with van der Waals surface area (Å²) in [5.41, 5.74) is 9.17. The van der Waals surface area contributed by atoms with Gasteiger partial charge >= 0.3 is 5.97 Å². The number of nitrogens with two attached hydrogens (primary N) is 1. The maximum Gasteiger partial charge on any atom is 0.356 e. The van der Waals surface area contributed by atoms with Crippen LogP contribution in [0.1, 0.15) is 21.6 Å². The van der Waals surface area contributed by atoms with Crippen LogP contribution >= 0.6 is 0 Å². The van der Waals surface area contributed by atoms with Gasteiger partial charge in [0.25, 0.3) is 0 Å². The molecule has 3 N–H and O–H groups in total. The Labute approximate surface area is 181 Å². The highest BCUT2D eigenvalue weighted by molar-refractivity contribution is 5.90. The summed E-state index contributed by atoms with van der Waals surface area (Å²) in [6.07, 6.45) is 3.73. The Kier molecular flexibility index (Phi) is 4.77. The zero-order valence-electron chi connectivity index (χ0n) is 17.0. The standard InChI is InChI=1S/C21H18FN7O3/c1-31-20(30)16-4-2-12(18(23)27-16)14-9-25-21(29-10-26-28-19(14)29)24-8-13-11-6-7-32-17(11)5-3-15(13)22/h2-5,9-10H,6-8H2,1H3,(H2,23,27)(H,24,25). The van der Waals surface area contributed by atoms with E-state index in [9.17, 15) is 9.18 Å². The van der Waals surface area contributed by atoms with Crippen LogP contribution in [-0.2, 0) is 17.7 Å². The van der Waals surface area contributed by atoms with Crippen LogP contribution in [0.5, 0.6) is 5.75 Å². The van der Waals surface area contributed by atoms with Gasteiger partial charge in [-0.05, 0) is 24.3 Å². The van der Waals surface area contributed by atoms with Crippen molar-refractivity contribution in [3.05, 3.63) is 59.4 Å². The number of hydrogen-bond donors (Lipinski definition) is 2. The first-order chi connectivity index (χ1) is 15.6. The lowest BCUT2D eigenvalue weighted by atomic mass is 10.0. The monoisotopic (exact) mass is 435 g/mol. The van der Waals surface area contributed by atoms with E-state index < -0.39 is 5.97 Å². The Balaban J connectivity index is 1.48. The number of halogens is 1. The molecule has 0 saturated carbocycles. The number of benzene rings is 1. The topological polar surface area (TPSA) is 130 Å². The molecule has 0 bridgehead atoms. The number of ether oxygens (including phenoxy) is 2. The van der Waals surface area contributed by atoms with E-state index in [0.717, 1.165) is 5.56 Å². The maximum atomic E-state index is 14.4. The normalized spacial score (nSPS) is 12.4. The molecule has 3 aromatic heterocycles. The predicted octanol–water partition coefficient (Wildman–Crippen LogP) is 2.24. The zero-order chi connectivity index (χ0) is 22.2. The number of carbonyl (C=O) groups excluding carboxylic acids is 1. The van der Waals surface area contributed by atoms with E-state index in [1.165, 1.54) is 25.6 Å². The van der Waals surface area contributed by atoms with Crippen LogP contribution in [0.4, 0.5) is 16.2 Å². The molecule has 0 saturated heterocycles. The molecular weight excluding hydrogens is 417 g/mol. The van der Waals surface area contributed by atoms with Gasteiger partial charge in [0, 0.05) is 41.4 Å².